The molecule has 0 aliphatic heterocycles. The van der Waals surface area contributed by atoms with E-state index in [4.69, 9.17) is 16.0 Å². The first-order valence-electron chi connectivity index (χ1n) is 7.80. The van der Waals surface area contributed by atoms with Crippen LogP contribution in [-0.2, 0) is 6.42 Å². The summed E-state index contributed by atoms with van der Waals surface area (Å²) < 4.78 is 5.73. The summed E-state index contributed by atoms with van der Waals surface area (Å²) in [5.41, 5.74) is 7.77. The van der Waals surface area contributed by atoms with Crippen LogP contribution >= 0.6 is 11.6 Å². The van der Waals surface area contributed by atoms with Gasteiger partial charge < -0.3 is 9.73 Å². The fraction of sp³-hybridized carbons (Fsp3) is 0.0500. The molecule has 0 atom stereocenters. The number of oxazole rings is 1. The third-order valence-electron chi connectivity index (χ3n) is 4.39. The van der Waals surface area contributed by atoms with Crippen LogP contribution in [0.4, 0.5) is 11.7 Å². The molecule has 5 rings (SSSR count). The van der Waals surface area contributed by atoms with E-state index in [-0.39, 0.29) is 0 Å². The monoisotopic (exact) mass is 332 g/mol. The van der Waals surface area contributed by atoms with Crippen molar-refractivity contribution in [3.8, 4) is 11.1 Å². The van der Waals surface area contributed by atoms with Crippen LogP contribution < -0.4 is 5.32 Å². The maximum Gasteiger partial charge on any atom is 0.300 e. The van der Waals surface area contributed by atoms with Gasteiger partial charge in [-0.05, 0) is 59.0 Å². The Balaban J connectivity index is 1.49. The predicted octanol–water partition coefficient (Wildman–Crippen LogP) is 5.80. The first kappa shape index (κ1) is 13.6. The van der Waals surface area contributed by atoms with Crippen molar-refractivity contribution >= 4 is 34.4 Å². The van der Waals surface area contributed by atoms with Gasteiger partial charge in [0, 0.05) is 10.7 Å². The average Bonchev–Trinajstić information content (AvgIpc) is 3.14. The molecular formula is C20H13ClN2O. The molecule has 24 heavy (non-hydrogen) atoms. The van der Waals surface area contributed by atoms with Gasteiger partial charge >= 0.3 is 0 Å². The average molecular weight is 333 g/mol. The van der Waals surface area contributed by atoms with Crippen molar-refractivity contribution in [2.75, 3.05) is 5.32 Å². The largest absolute Gasteiger partial charge is 0.423 e. The van der Waals surface area contributed by atoms with Crippen LogP contribution in [0.25, 0.3) is 22.2 Å². The van der Waals surface area contributed by atoms with Gasteiger partial charge in [-0.25, -0.2) is 0 Å². The Morgan fingerprint density at radius 1 is 0.917 bits per heavy atom. The zero-order chi connectivity index (χ0) is 16.1. The van der Waals surface area contributed by atoms with Gasteiger partial charge in [-0.2, -0.15) is 4.98 Å². The highest BCUT2D eigenvalue weighted by atomic mass is 35.5. The fourth-order valence-electron chi connectivity index (χ4n) is 3.30. The molecule has 1 aliphatic rings. The molecule has 3 aromatic carbocycles. The molecule has 116 valence electrons. The van der Waals surface area contributed by atoms with Crippen molar-refractivity contribution in [3.63, 3.8) is 0 Å². The van der Waals surface area contributed by atoms with E-state index in [1.165, 1.54) is 22.3 Å². The van der Waals surface area contributed by atoms with E-state index in [0.29, 0.717) is 11.0 Å². The molecule has 0 saturated carbocycles. The van der Waals surface area contributed by atoms with E-state index in [9.17, 15) is 0 Å². The van der Waals surface area contributed by atoms with E-state index >= 15 is 0 Å². The van der Waals surface area contributed by atoms with Gasteiger partial charge in [0.1, 0.15) is 5.52 Å². The minimum atomic E-state index is 0.475. The minimum absolute atomic E-state index is 0.475. The number of halogens is 1. The molecule has 0 saturated heterocycles. The second kappa shape index (κ2) is 5.11. The number of fused-ring (bicyclic) bond motifs is 4. The van der Waals surface area contributed by atoms with Crippen molar-refractivity contribution in [2.45, 2.75) is 6.42 Å². The normalized spacial score (nSPS) is 12.2. The van der Waals surface area contributed by atoms with Crippen molar-refractivity contribution < 1.29 is 4.42 Å². The van der Waals surface area contributed by atoms with Gasteiger partial charge in [-0.3, -0.25) is 0 Å². The lowest BCUT2D eigenvalue weighted by molar-refractivity contribution is 0.623. The molecule has 0 fully saturated rings. The van der Waals surface area contributed by atoms with Gasteiger partial charge in [0.15, 0.2) is 5.58 Å². The zero-order valence-corrected chi connectivity index (χ0v) is 13.5. The van der Waals surface area contributed by atoms with Gasteiger partial charge in [0.2, 0.25) is 0 Å². The molecule has 4 aromatic rings. The number of nitrogens with one attached hydrogen (secondary N) is 1. The molecule has 1 aromatic heterocycles. The number of benzene rings is 3. The molecule has 1 heterocycles. The summed E-state index contributed by atoms with van der Waals surface area (Å²) in [6, 6.07) is 20.8. The van der Waals surface area contributed by atoms with E-state index < -0.39 is 0 Å². The van der Waals surface area contributed by atoms with Gasteiger partial charge in [-0.15, -0.1) is 0 Å². The summed E-state index contributed by atoms with van der Waals surface area (Å²) in [5, 5.41) is 3.90. The number of aromatic nitrogens is 1. The van der Waals surface area contributed by atoms with Crippen LogP contribution in [0, 0.1) is 0 Å². The van der Waals surface area contributed by atoms with Gasteiger partial charge in [-0.1, -0.05) is 41.9 Å². The van der Waals surface area contributed by atoms with E-state index in [1.54, 1.807) is 12.1 Å². The van der Waals surface area contributed by atoms with Gasteiger partial charge in [0.05, 0.1) is 0 Å². The minimum Gasteiger partial charge on any atom is -0.423 e. The quantitative estimate of drug-likeness (QED) is 0.444. The topological polar surface area (TPSA) is 38.1 Å². The Labute approximate surface area is 143 Å². The molecule has 0 amide bonds. The van der Waals surface area contributed by atoms with Crippen LogP contribution in [0.15, 0.2) is 65.1 Å². The van der Waals surface area contributed by atoms with Crippen molar-refractivity contribution in [2.24, 2.45) is 0 Å². The van der Waals surface area contributed by atoms with Crippen LogP contribution in [0.2, 0.25) is 5.02 Å². The first-order chi connectivity index (χ1) is 11.8. The van der Waals surface area contributed by atoms with E-state index in [2.05, 4.69) is 52.8 Å². The Kier molecular flexibility index (Phi) is 2.91. The Bertz CT molecular complexity index is 1080. The molecule has 0 unspecified atom stereocenters. The first-order valence-corrected chi connectivity index (χ1v) is 8.18. The third kappa shape index (κ3) is 2.17. The van der Waals surface area contributed by atoms with E-state index in [0.717, 1.165) is 23.2 Å². The van der Waals surface area contributed by atoms with Crippen LogP contribution in [0.3, 0.4) is 0 Å². The zero-order valence-electron chi connectivity index (χ0n) is 12.7. The molecular weight excluding hydrogens is 320 g/mol. The summed E-state index contributed by atoms with van der Waals surface area (Å²) in [6.45, 7) is 0. The molecule has 0 bridgehead atoms. The van der Waals surface area contributed by atoms with Crippen molar-refractivity contribution in [3.05, 3.63) is 76.8 Å². The van der Waals surface area contributed by atoms with Crippen molar-refractivity contribution in [1.29, 1.82) is 0 Å². The lowest BCUT2D eigenvalue weighted by Gasteiger charge is -2.05. The number of hydrogen-bond acceptors (Lipinski definition) is 3. The lowest BCUT2D eigenvalue weighted by Crippen LogP contribution is -1.91. The molecule has 4 heteroatoms. The summed E-state index contributed by atoms with van der Waals surface area (Å²) in [6.07, 6.45) is 0.962. The van der Waals surface area contributed by atoms with Crippen LogP contribution in [-0.4, -0.2) is 4.98 Å². The second-order valence-corrected chi connectivity index (χ2v) is 6.40. The Morgan fingerprint density at radius 2 is 1.79 bits per heavy atom. The van der Waals surface area contributed by atoms with Crippen LogP contribution in [0.5, 0.6) is 0 Å². The second-order valence-electron chi connectivity index (χ2n) is 5.96. The summed E-state index contributed by atoms with van der Waals surface area (Å²) >= 11 is 5.99. The highest BCUT2D eigenvalue weighted by Gasteiger charge is 2.18. The number of anilines is 2. The third-order valence-corrected chi connectivity index (χ3v) is 4.63. The smallest absolute Gasteiger partial charge is 0.300 e. The van der Waals surface area contributed by atoms with E-state index in [1.807, 2.05) is 6.07 Å². The summed E-state index contributed by atoms with van der Waals surface area (Å²) in [4.78, 5) is 4.44. The highest BCUT2D eigenvalue weighted by molar-refractivity contribution is 6.31. The number of rotatable bonds is 2. The Morgan fingerprint density at radius 3 is 2.75 bits per heavy atom. The molecule has 3 nitrogen and oxygen atoms in total. The summed E-state index contributed by atoms with van der Waals surface area (Å²) in [5.74, 6) is 0. The SMILES string of the molecule is Clc1ccc2oc(Nc3ccc4c(c3)Cc3ccccc3-4)nc2c1. The Hall–Kier alpha value is -2.78. The lowest BCUT2D eigenvalue weighted by atomic mass is 10.1. The molecule has 1 N–H and O–H groups in total. The molecule has 0 radical (unpaired) electrons. The highest BCUT2D eigenvalue weighted by Crippen LogP contribution is 2.38. The summed E-state index contributed by atoms with van der Waals surface area (Å²) in [7, 11) is 0. The van der Waals surface area contributed by atoms with Crippen LogP contribution in [0.1, 0.15) is 11.1 Å². The van der Waals surface area contributed by atoms with Crippen molar-refractivity contribution in [1.82, 2.24) is 4.98 Å². The number of hydrogen-bond donors (Lipinski definition) is 1. The number of nitrogens with zero attached hydrogens (tertiary/aromatic N) is 1. The standard InChI is InChI=1S/C20H13ClN2O/c21-14-5-8-19-18(11-14)23-20(24-19)22-15-6-7-17-13(10-15)9-12-3-1-2-4-16(12)17/h1-8,10-11H,9H2,(H,22,23). The molecule has 1 aliphatic carbocycles. The maximum atomic E-state index is 5.99. The molecule has 0 spiro atoms. The maximum absolute atomic E-state index is 5.99. The van der Waals surface area contributed by atoms with Gasteiger partial charge in [0.25, 0.3) is 6.01 Å². The predicted molar refractivity (Wildman–Crippen MR) is 97.0 cm³/mol. The fourth-order valence-corrected chi connectivity index (χ4v) is 3.47.